The van der Waals surface area contributed by atoms with E-state index in [1.807, 2.05) is 0 Å². The Bertz CT molecular complexity index is 579. The van der Waals surface area contributed by atoms with Crippen molar-refractivity contribution in [3.05, 3.63) is 42.1 Å². The van der Waals surface area contributed by atoms with Crippen LogP contribution in [0, 0.1) is 0 Å². The molecule has 0 saturated heterocycles. The van der Waals surface area contributed by atoms with Crippen molar-refractivity contribution in [2.24, 2.45) is 0 Å². The zero-order valence-corrected chi connectivity index (χ0v) is 10.4. The van der Waals surface area contributed by atoms with Crippen LogP contribution in [0.2, 0.25) is 0 Å². The first-order chi connectivity index (χ1) is 8.89. The Hall–Kier alpha value is -2.11. The molecule has 2 aromatic rings. The zero-order chi connectivity index (χ0) is 14.0. The van der Waals surface area contributed by atoms with Gasteiger partial charge in [-0.05, 0) is 12.1 Å². The van der Waals surface area contributed by atoms with Crippen LogP contribution in [0.5, 0.6) is 0 Å². The first-order valence-corrected chi connectivity index (χ1v) is 5.56. The van der Waals surface area contributed by atoms with Gasteiger partial charge in [0.15, 0.2) is 5.82 Å². The second-order valence-electron chi connectivity index (χ2n) is 4.18. The minimum Gasteiger partial charge on any atom is -0.363 e. The van der Waals surface area contributed by atoms with Gasteiger partial charge in [0.05, 0.1) is 5.56 Å². The molecule has 0 radical (unpaired) electrons. The maximum absolute atomic E-state index is 12.9. The van der Waals surface area contributed by atoms with Crippen molar-refractivity contribution in [3.63, 3.8) is 0 Å². The van der Waals surface area contributed by atoms with Crippen LogP contribution in [0.1, 0.15) is 5.56 Å². The van der Waals surface area contributed by atoms with Gasteiger partial charge in [0, 0.05) is 25.9 Å². The van der Waals surface area contributed by atoms with Gasteiger partial charge >= 0.3 is 6.18 Å². The molecule has 1 aromatic carbocycles. The van der Waals surface area contributed by atoms with E-state index in [1.54, 1.807) is 25.1 Å². The normalized spacial score (nSPS) is 11.4. The van der Waals surface area contributed by atoms with Crippen molar-refractivity contribution in [1.82, 2.24) is 9.97 Å². The Morgan fingerprint density at radius 3 is 2.37 bits per heavy atom. The summed E-state index contributed by atoms with van der Waals surface area (Å²) >= 11 is 0. The van der Waals surface area contributed by atoms with Gasteiger partial charge in [-0.2, -0.15) is 13.2 Å². The highest BCUT2D eigenvalue weighted by Gasteiger charge is 2.34. The molecule has 0 bridgehead atoms. The van der Waals surface area contributed by atoms with E-state index in [1.165, 1.54) is 24.4 Å². The molecule has 0 fully saturated rings. The fourth-order valence-corrected chi connectivity index (χ4v) is 1.65. The van der Waals surface area contributed by atoms with E-state index in [0.717, 1.165) is 6.07 Å². The molecule has 0 amide bonds. The van der Waals surface area contributed by atoms with Gasteiger partial charge in [0.2, 0.25) is 0 Å². The van der Waals surface area contributed by atoms with Gasteiger partial charge < -0.3 is 4.90 Å². The van der Waals surface area contributed by atoms with E-state index in [2.05, 4.69) is 9.97 Å². The fourth-order valence-electron chi connectivity index (χ4n) is 1.65. The Morgan fingerprint density at radius 2 is 1.74 bits per heavy atom. The van der Waals surface area contributed by atoms with Gasteiger partial charge in [-0.25, -0.2) is 9.97 Å². The van der Waals surface area contributed by atoms with Crippen molar-refractivity contribution in [1.29, 1.82) is 0 Å². The molecule has 0 aliphatic carbocycles. The van der Waals surface area contributed by atoms with Crippen LogP contribution < -0.4 is 4.90 Å². The summed E-state index contributed by atoms with van der Waals surface area (Å²) in [6.45, 7) is 0. The van der Waals surface area contributed by atoms with Crippen molar-refractivity contribution in [2.45, 2.75) is 6.18 Å². The molecule has 0 saturated carbocycles. The second-order valence-corrected chi connectivity index (χ2v) is 4.18. The summed E-state index contributed by atoms with van der Waals surface area (Å²) in [6.07, 6.45) is -2.97. The number of rotatable bonds is 2. The van der Waals surface area contributed by atoms with E-state index < -0.39 is 11.7 Å². The SMILES string of the molecule is CN(C)c1ccnc(-c2ccccc2C(F)(F)F)n1. The third-order valence-corrected chi connectivity index (χ3v) is 2.57. The van der Waals surface area contributed by atoms with E-state index in [9.17, 15) is 13.2 Å². The minimum atomic E-state index is -4.42. The standard InChI is InChI=1S/C13H12F3N3/c1-19(2)11-7-8-17-12(18-11)9-5-3-4-6-10(9)13(14,15)16/h3-8H,1-2H3. The summed E-state index contributed by atoms with van der Waals surface area (Å²) in [6, 6.07) is 6.93. The summed E-state index contributed by atoms with van der Waals surface area (Å²) in [7, 11) is 3.53. The first kappa shape index (κ1) is 13.3. The molecule has 100 valence electrons. The number of hydrogen-bond donors (Lipinski definition) is 0. The highest BCUT2D eigenvalue weighted by atomic mass is 19.4. The third-order valence-electron chi connectivity index (χ3n) is 2.57. The van der Waals surface area contributed by atoms with Crippen molar-refractivity contribution in [2.75, 3.05) is 19.0 Å². The van der Waals surface area contributed by atoms with Gasteiger partial charge in [0.1, 0.15) is 5.82 Å². The van der Waals surface area contributed by atoms with Crippen LogP contribution in [-0.4, -0.2) is 24.1 Å². The van der Waals surface area contributed by atoms with Gasteiger partial charge in [-0.15, -0.1) is 0 Å². The van der Waals surface area contributed by atoms with Gasteiger partial charge in [-0.1, -0.05) is 18.2 Å². The molecule has 1 heterocycles. The minimum absolute atomic E-state index is 0.0151. The lowest BCUT2D eigenvalue weighted by molar-refractivity contribution is -0.137. The lowest BCUT2D eigenvalue weighted by Gasteiger charge is -2.14. The summed E-state index contributed by atoms with van der Waals surface area (Å²) in [5.41, 5.74) is -0.746. The Kier molecular flexibility index (Phi) is 3.42. The Labute approximate surface area is 108 Å². The molecular formula is C13H12F3N3. The van der Waals surface area contributed by atoms with Crippen molar-refractivity contribution < 1.29 is 13.2 Å². The highest BCUT2D eigenvalue weighted by Crippen LogP contribution is 2.35. The summed E-state index contributed by atoms with van der Waals surface area (Å²) in [5, 5.41) is 0. The number of benzene rings is 1. The van der Waals surface area contributed by atoms with Crippen LogP contribution in [0.3, 0.4) is 0 Å². The number of alkyl halides is 3. The maximum atomic E-state index is 12.9. The molecule has 0 aliphatic heterocycles. The molecule has 0 spiro atoms. The number of nitrogens with zero attached hydrogens (tertiary/aromatic N) is 3. The monoisotopic (exact) mass is 267 g/mol. The molecule has 3 nitrogen and oxygen atoms in total. The lowest BCUT2D eigenvalue weighted by Crippen LogP contribution is -2.12. The van der Waals surface area contributed by atoms with E-state index >= 15 is 0 Å². The Morgan fingerprint density at radius 1 is 1.05 bits per heavy atom. The quantitative estimate of drug-likeness (QED) is 0.836. The topological polar surface area (TPSA) is 29.0 Å². The summed E-state index contributed by atoms with van der Waals surface area (Å²) in [5.74, 6) is 0.626. The average Bonchev–Trinajstić information content (AvgIpc) is 2.38. The van der Waals surface area contributed by atoms with E-state index in [-0.39, 0.29) is 11.4 Å². The Balaban J connectivity index is 2.56. The number of aromatic nitrogens is 2. The van der Waals surface area contributed by atoms with Gasteiger partial charge in [-0.3, -0.25) is 0 Å². The molecule has 6 heteroatoms. The zero-order valence-electron chi connectivity index (χ0n) is 10.4. The molecule has 0 atom stereocenters. The first-order valence-electron chi connectivity index (χ1n) is 5.56. The average molecular weight is 267 g/mol. The van der Waals surface area contributed by atoms with Crippen LogP contribution in [-0.2, 0) is 6.18 Å². The van der Waals surface area contributed by atoms with E-state index in [0.29, 0.717) is 5.82 Å². The third kappa shape index (κ3) is 2.83. The van der Waals surface area contributed by atoms with Crippen molar-refractivity contribution in [3.8, 4) is 11.4 Å². The maximum Gasteiger partial charge on any atom is 0.417 e. The summed E-state index contributed by atoms with van der Waals surface area (Å²) < 4.78 is 38.8. The van der Waals surface area contributed by atoms with Crippen LogP contribution in [0.25, 0.3) is 11.4 Å². The molecule has 0 N–H and O–H groups in total. The van der Waals surface area contributed by atoms with Crippen LogP contribution in [0.15, 0.2) is 36.5 Å². The van der Waals surface area contributed by atoms with Crippen LogP contribution >= 0.6 is 0 Å². The lowest BCUT2D eigenvalue weighted by atomic mass is 10.1. The molecule has 2 rings (SSSR count). The number of hydrogen-bond acceptors (Lipinski definition) is 3. The van der Waals surface area contributed by atoms with Crippen LogP contribution in [0.4, 0.5) is 19.0 Å². The van der Waals surface area contributed by atoms with Crippen molar-refractivity contribution >= 4 is 5.82 Å². The second kappa shape index (κ2) is 4.87. The summed E-state index contributed by atoms with van der Waals surface area (Å²) in [4.78, 5) is 9.77. The van der Waals surface area contributed by atoms with Gasteiger partial charge in [0.25, 0.3) is 0 Å². The van der Waals surface area contributed by atoms with E-state index in [4.69, 9.17) is 0 Å². The molecular weight excluding hydrogens is 255 g/mol. The molecule has 0 unspecified atom stereocenters. The molecule has 1 aromatic heterocycles. The smallest absolute Gasteiger partial charge is 0.363 e. The molecule has 19 heavy (non-hydrogen) atoms. The number of anilines is 1. The number of halogens is 3. The predicted octanol–water partition coefficient (Wildman–Crippen LogP) is 3.23. The largest absolute Gasteiger partial charge is 0.417 e. The molecule has 0 aliphatic rings. The predicted molar refractivity (Wildman–Crippen MR) is 66.8 cm³/mol. The fraction of sp³-hybridized carbons (Fsp3) is 0.231. The highest BCUT2D eigenvalue weighted by molar-refractivity contribution is 5.62.